The normalized spacial score (nSPS) is 19.5. The van der Waals surface area contributed by atoms with Crippen LogP contribution in [-0.2, 0) is 0 Å². The first-order valence-corrected chi connectivity index (χ1v) is 5.77. The Morgan fingerprint density at radius 2 is 2.53 bits per heavy atom. The van der Waals surface area contributed by atoms with E-state index in [1.165, 1.54) is 0 Å². The van der Waals surface area contributed by atoms with E-state index in [9.17, 15) is 4.79 Å². The first-order valence-electron chi connectivity index (χ1n) is 5.77. The maximum absolute atomic E-state index is 11.5. The zero-order valence-corrected chi connectivity index (χ0v) is 9.48. The van der Waals surface area contributed by atoms with E-state index in [1.54, 1.807) is 0 Å². The minimum Gasteiger partial charge on any atom is -0.396 e. The van der Waals surface area contributed by atoms with Gasteiger partial charge in [-0.2, -0.15) is 4.98 Å². The number of nitrogens with one attached hydrogen (secondary N) is 2. The molecule has 1 aliphatic rings. The van der Waals surface area contributed by atoms with Crippen LogP contribution in [0, 0.1) is 0 Å². The molecule has 2 heterocycles. The number of nitrogens with zero attached hydrogens (tertiary/aromatic N) is 2. The fourth-order valence-electron chi connectivity index (χ4n) is 1.72. The molecule has 1 aliphatic heterocycles. The number of carbonyl (C=O) groups is 1. The Balaban J connectivity index is 1.90. The molecular formula is C10H16N4O3. The van der Waals surface area contributed by atoms with Gasteiger partial charge in [0.05, 0.1) is 6.04 Å². The molecule has 0 aromatic carbocycles. The molecular weight excluding hydrogens is 224 g/mol. The van der Waals surface area contributed by atoms with Gasteiger partial charge in [0.15, 0.2) is 0 Å². The molecule has 7 heteroatoms. The van der Waals surface area contributed by atoms with Gasteiger partial charge in [-0.3, -0.25) is 4.79 Å². The molecule has 1 atom stereocenters. The average molecular weight is 240 g/mol. The van der Waals surface area contributed by atoms with E-state index in [-0.39, 0.29) is 24.4 Å². The van der Waals surface area contributed by atoms with Crippen molar-refractivity contribution in [2.75, 3.05) is 19.7 Å². The quantitative estimate of drug-likeness (QED) is 0.606. The highest BCUT2D eigenvalue weighted by Gasteiger charge is 2.23. The maximum Gasteiger partial charge on any atom is 0.292 e. The summed E-state index contributed by atoms with van der Waals surface area (Å²) in [6, 6.07) is 0.0708. The molecule has 1 unspecified atom stereocenters. The van der Waals surface area contributed by atoms with Crippen molar-refractivity contribution in [2.45, 2.75) is 25.3 Å². The maximum atomic E-state index is 11.5. The van der Waals surface area contributed by atoms with Crippen LogP contribution < -0.4 is 10.6 Å². The predicted octanol–water partition coefficient (Wildman–Crippen LogP) is -0.394. The SMILES string of the molecule is O=C(NCCCO)c1noc(C2CCCN2)n1. The molecule has 1 saturated heterocycles. The molecule has 1 amide bonds. The number of aliphatic hydroxyl groups excluding tert-OH is 1. The Hall–Kier alpha value is -1.47. The molecule has 0 radical (unpaired) electrons. The number of amides is 1. The zero-order chi connectivity index (χ0) is 12.1. The molecule has 3 N–H and O–H groups in total. The lowest BCUT2D eigenvalue weighted by Crippen LogP contribution is -2.26. The van der Waals surface area contributed by atoms with Gasteiger partial charge in [0, 0.05) is 13.2 Å². The van der Waals surface area contributed by atoms with Crippen LogP contribution in [0.25, 0.3) is 0 Å². The number of hydrogen-bond acceptors (Lipinski definition) is 6. The second-order valence-electron chi connectivity index (χ2n) is 3.94. The zero-order valence-electron chi connectivity index (χ0n) is 9.48. The van der Waals surface area contributed by atoms with Crippen LogP contribution in [0.2, 0.25) is 0 Å². The summed E-state index contributed by atoms with van der Waals surface area (Å²) in [6.07, 6.45) is 2.54. The summed E-state index contributed by atoms with van der Waals surface area (Å²) in [4.78, 5) is 15.6. The van der Waals surface area contributed by atoms with Crippen LogP contribution in [0.15, 0.2) is 4.52 Å². The lowest BCUT2D eigenvalue weighted by Gasteiger charge is -2.01. The van der Waals surface area contributed by atoms with Crippen LogP contribution in [-0.4, -0.2) is 40.9 Å². The Morgan fingerprint density at radius 3 is 3.24 bits per heavy atom. The van der Waals surface area contributed by atoms with Crippen molar-refractivity contribution in [1.29, 1.82) is 0 Å². The van der Waals surface area contributed by atoms with Crippen molar-refractivity contribution in [2.24, 2.45) is 0 Å². The minimum atomic E-state index is -0.369. The summed E-state index contributed by atoms with van der Waals surface area (Å²) >= 11 is 0. The lowest BCUT2D eigenvalue weighted by atomic mass is 10.2. The molecule has 1 aromatic heterocycles. The van der Waals surface area contributed by atoms with E-state index >= 15 is 0 Å². The van der Waals surface area contributed by atoms with Gasteiger partial charge in [-0.05, 0) is 25.8 Å². The molecule has 1 aromatic rings. The number of aromatic nitrogens is 2. The van der Waals surface area contributed by atoms with Crippen LogP contribution in [0.5, 0.6) is 0 Å². The molecule has 94 valence electrons. The highest BCUT2D eigenvalue weighted by molar-refractivity contribution is 5.90. The van der Waals surface area contributed by atoms with Crippen LogP contribution >= 0.6 is 0 Å². The highest BCUT2D eigenvalue weighted by Crippen LogP contribution is 2.20. The van der Waals surface area contributed by atoms with Gasteiger partial charge in [-0.25, -0.2) is 0 Å². The van der Waals surface area contributed by atoms with Crippen LogP contribution in [0.1, 0.15) is 41.8 Å². The standard InChI is InChI=1S/C10H16N4O3/c15-6-2-5-12-9(16)8-13-10(17-14-8)7-3-1-4-11-7/h7,11,15H,1-6H2,(H,12,16). The van der Waals surface area contributed by atoms with Gasteiger partial charge in [0.1, 0.15) is 0 Å². The molecule has 0 aliphatic carbocycles. The topological polar surface area (TPSA) is 100 Å². The third kappa shape index (κ3) is 3.01. The van der Waals surface area contributed by atoms with Crippen molar-refractivity contribution >= 4 is 5.91 Å². The average Bonchev–Trinajstić information content (AvgIpc) is 3.00. The number of hydrogen-bond donors (Lipinski definition) is 3. The summed E-state index contributed by atoms with van der Waals surface area (Å²) in [5, 5.41) is 18.0. The molecule has 0 bridgehead atoms. The summed E-state index contributed by atoms with van der Waals surface area (Å²) in [5.41, 5.74) is 0. The largest absolute Gasteiger partial charge is 0.396 e. The van der Waals surface area contributed by atoms with Gasteiger partial charge in [-0.1, -0.05) is 5.16 Å². The monoisotopic (exact) mass is 240 g/mol. The van der Waals surface area contributed by atoms with Gasteiger partial charge >= 0.3 is 0 Å². The van der Waals surface area contributed by atoms with Crippen molar-refractivity contribution in [3.63, 3.8) is 0 Å². The Morgan fingerprint density at radius 1 is 1.65 bits per heavy atom. The molecule has 2 rings (SSSR count). The van der Waals surface area contributed by atoms with Crippen molar-refractivity contribution in [3.05, 3.63) is 11.7 Å². The fourth-order valence-corrected chi connectivity index (χ4v) is 1.72. The van der Waals surface area contributed by atoms with E-state index in [2.05, 4.69) is 20.8 Å². The number of aliphatic hydroxyl groups is 1. The minimum absolute atomic E-state index is 0.0454. The molecule has 17 heavy (non-hydrogen) atoms. The van der Waals surface area contributed by atoms with E-state index in [0.29, 0.717) is 18.9 Å². The third-order valence-electron chi connectivity index (χ3n) is 2.62. The number of rotatable bonds is 5. The summed E-state index contributed by atoms with van der Waals surface area (Å²) < 4.78 is 5.04. The molecule has 7 nitrogen and oxygen atoms in total. The summed E-state index contributed by atoms with van der Waals surface area (Å²) in [7, 11) is 0. The van der Waals surface area contributed by atoms with E-state index < -0.39 is 0 Å². The first kappa shape index (κ1) is 12.0. The van der Waals surface area contributed by atoms with E-state index in [1.807, 2.05) is 0 Å². The van der Waals surface area contributed by atoms with Crippen LogP contribution in [0.4, 0.5) is 0 Å². The Labute approximate surface area is 98.6 Å². The van der Waals surface area contributed by atoms with Gasteiger partial charge in [-0.15, -0.1) is 0 Å². The predicted molar refractivity (Wildman–Crippen MR) is 58.3 cm³/mol. The van der Waals surface area contributed by atoms with Crippen molar-refractivity contribution in [3.8, 4) is 0 Å². The van der Waals surface area contributed by atoms with E-state index in [4.69, 9.17) is 9.63 Å². The van der Waals surface area contributed by atoms with Gasteiger partial charge < -0.3 is 20.3 Å². The summed E-state index contributed by atoms with van der Waals surface area (Å²) in [5.74, 6) is 0.146. The Bertz CT molecular complexity index is 373. The highest BCUT2D eigenvalue weighted by atomic mass is 16.5. The van der Waals surface area contributed by atoms with Crippen molar-refractivity contribution in [1.82, 2.24) is 20.8 Å². The fraction of sp³-hybridized carbons (Fsp3) is 0.700. The smallest absolute Gasteiger partial charge is 0.292 e. The molecule has 1 fully saturated rings. The van der Waals surface area contributed by atoms with Crippen molar-refractivity contribution < 1.29 is 14.4 Å². The first-order chi connectivity index (χ1) is 8.31. The number of carbonyl (C=O) groups excluding carboxylic acids is 1. The second-order valence-corrected chi connectivity index (χ2v) is 3.94. The lowest BCUT2D eigenvalue weighted by molar-refractivity contribution is 0.0938. The van der Waals surface area contributed by atoms with Gasteiger partial charge in [0.25, 0.3) is 11.7 Å². The second kappa shape index (κ2) is 5.74. The van der Waals surface area contributed by atoms with Crippen LogP contribution in [0.3, 0.4) is 0 Å². The Kier molecular flexibility index (Phi) is 4.05. The molecule has 0 saturated carbocycles. The molecule has 0 spiro atoms. The third-order valence-corrected chi connectivity index (χ3v) is 2.62. The summed E-state index contributed by atoms with van der Waals surface area (Å²) in [6.45, 7) is 1.38. The van der Waals surface area contributed by atoms with E-state index in [0.717, 1.165) is 19.4 Å². The van der Waals surface area contributed by atoms with Gasteiger partial charge in [0.2, 0.25) is 5.89 Å².